The normalized spacial score (nSPS) is 21.6. The Kier molecular flexibility index (Phi) is 6.82. The van der Waals surface area contributed by atoms with E-state index in [2.05, 4.69) is 5.32 Å². The number of carboxylic acid groups (broad SMARTS) is 1. The predicted molar refractivity (Wildman–Crippen MR) is 146 cm³/mol. The van der Waals surface area contributed by atoms with Gasteiger partial charge in [-0.1, -0.05) is 12.1 Å². The summed E-state index contributed by atoms with van der Waals surface area (Å²) < 4.78 is 69.2. The van der Waals surface area contributed by atoms with Crippen LogP contribution in [0.25, 0.3) is 22.0 Å². The predicted octanol–water partition coefficient (Wildman–Crippen LogP) is 7.42. The van der Waals surface area contributed by atoms with Crippen LogP contribution in [-0.2, 0) is 17.5 Å². The number of rotatable bonds is 7. The number of amides is 1. The van der Waals surface area contributed by atoms with Crippen LogP contribution in [0.3, 0.4) is 0 Å². The van der Waals surface area contributed by atoms with Crippen LogP contribution in [0.5, 0.6) is 0 Å². The maximum atomic E-state index is 14.7. The molecule has 2 aliphatic rings. The number of hydrogen-bond donors (Lipinski definition) is 2. The van der Waals surface area contributed by atoms with Crippen LogP contribution in [0.1, 0.15) is 53.6 Å². The van der Waals surface area contributed by atoms with Crippen molar-refractivity contribution in [1.82, 2.24) is 9.88 Å². The van der Waals surface area contributed by atoms with Gasteiger partial charge < -0.3 is 15.0 Å². The van der Waals surface area contributed by atoms with Crippen LogP contribution in [0.15, 0.2) is 66.9 Å². The molecular weight excluding hydrogens is 555 g/mol. The van der Waals surface area contributed by atoms with Crippen molar-refractivity contribution < 1.29 is 36.6 Å². The smallest absolute Gasteiger partial charge is 0.416 e. The van der Waals surface area contributed by atoms with Crippen LogP contribution >= 0.6 is 0 Å². The molecule has 0 saturated heterocycles. The van der Waals surface area contributed by atoms with Gasteiger partial charge in [0.25, 0.3) is 5.91 Å². The summed E-state index contributed by atoms with van der Waals surface area (Å²) >= 11 is 0. The lowest BCUT2D eigenvalue weighted by atomic mass is 9.49. The van der Waals surface area contributed by atoms with Gasteiger partial charge in [0.05, 0.1) is 16.6 Å². The van der Waals surface area contributed by atoms with E-state index in [4.69, 9.17) is 5.11 Å². The molecule has 1 amide bonds. The fourth-order valence-corrected chi connectivity index (χ4v) is 6.77. The van der Waals surface area contributed by atoms with E-state index >= 15 is 0 Å². The van der Waals surface area contributed by atoms with Crippen molar-refractivity contribution in [3.63, 3.8) is 0 Å². The topological polar surface area (TPSA) is 71.3 Å². The van der Waals surface area contributed by atoms with Gasteiger partial charge >= 0.3 is 12.1 Å². The number of benzene rings is 3. The Labute approximate surface area is 238 Å². The summed E-state index contributed by atoms with van der Waals surface area (Å²) in [6.45, 7) is 0.198. The van der Waals surface area contributed by atoms with Gasteiger partial charge in [0.1, 0.15) is 11.6 Å². The molecule has 0 bridgehead atoms. The van der Waals surface area contributed by atoms with Gasteiger partial charge in [-0.15, -0.1) is 0 Å². The minimum Gasteiger partial charge on any atom is -0.481 e. The van der Waals surface area contributed by atoms with Gasteiger partial charge in [-0.2, -0.15) is 13.2 Å². The van der Waals surface area contributed by atoms with Gasteiger partial charge in [-0.3, -0.25) is 9.59 Å². The first-order chi connectivity index (χ1) is 19.9. The first kappa shape index (κ1) is 27.9. The van der Waals surface area contributed by atoms with Crippen LogP contribution in [0, 0.1) is 23.0 Å². The molecule has 6 rings (SSSR count). The largest absolute Gasteiger partial charge is 0.481 e. The molecule has 10 heteroatoms. The summed E-state index contributed by atoms with van der Waals surface area (Å²) in [5.41, 5.74) is 1.23. The van der Waals surface area contributed by atoms with E-state index in [1.807, 2.05) is 0 Å². The number of aromatic nitrogens is 1. The maximum Gasteiger partial charge on any atom is 0.416 e. The van der Waals surface area contributed by atoms with E-state index in [0.29, 0.717) is 22.0 Å². The summed E-state index contributed by atoms with van der Waals surface area (Å²) in [6.07, 6.45) is 0.565. The maximum absolute atomic E-state index is 14.7. The zero-order valence-corrected chi connectivity index (χ0v) is 22.3. The van der Waals surface area contributed by atoms with Crippen LogP contribution in [-0.4, -0.2) is 27.6 Å². The summed E-state index contributed by atoms with van der Waals surface area (Å²) in [4.78, 5) is 24.7. The lowest BCUT2D eigenvalue weighted by molar-refractivity contribution is -0.142. The van der Waals surface area contributed by atoms with E-state index in [0.717, 1.165) is 49.9 Å². The SMILES string of the molecule is O=C(O)CC1CC2(C1)CC(NC(=O)c1cc(-c3ccc(F)cc3F)cc3ccn(Cc4ccc(C(F)(F)F)cc4)c13)C2. The molecule has 2 aliphatic carbocycles. The van der Waals surface area contributed by atoms with E-state index in [-0.39, 0.29) is 47.4 Å². The molecule has 1 aromatic heterocycles. The average molecular weight is 583 g/mol. The van der Waals surface area contributed by atoms with Crippen LogP contribution in [0.2, 0.25) is 0 Å². The fraction of sp³-hybridized carbons (Fsp3) is 0.312. The van der Waals surface area contributed by atoms with E-state index < -0.39 is 29.3 Å². The number of hydrogen-bond acceptors (Lipinski definition) is 2. The number of fused-ring (bicyclic) bond motifs is 1. The number of carbonyl (C=O) groups is 2. The van der Waals surface area contributed by atoms with E-state index in [1.54, 1.807) is 29.0 Å². The van der Waals surface area contributed by atoms with Crippen molar-refractivity contribution in [3.8, 4) is 11.1 Å². The summed E-state index contributed by atoms with van der Waals surface area (Å²) in [5, 5.41) is 12.7. The first-order valence-electron chi connectivity index (χ1n) is 13.7. The second kappa shape index (κ2) is 10.3. The van der Waals surface area contributed by atoms with Crippen molar-refractivity contribution in [2.75, 3.05) is 0 Å². The number of carboxylic acids is 1. The summed E-state index contributed by atoms with van der Waals surface area (Å²) in [6, 6.07) is 12.9. The van der Waals surface area contributed by atoms with Crippen molar-refractivity contribution >= 4 is 22.8 Å². The molecule has 2 saturated carbocycles. The van der Waals surface area contributed by atoms with Crippen LogP contribution < -0.4 is 5.32 Å². The monoisotopic (exact) mass is 582 g/mol. The minimum atomic E-state index is -4.45. The van der Waals surface area contributed by atoms with E-state index in [1.165, 1.54) is 18.2 Å². The molecule has 1 spiro atoms. The molecular formula is C32H27F5N2O3. The number of halogens is 5. The number of alkyl halides is 3. The van der Waals surface area contributed by atoms with Gasteiger partial charge in [-0.05, 0) is 90.6 Å². The molecule has 218 valence electrons. The highest BCUT2D eigenvalue weighted by atomic mass is 19.4. The zero-order valence-electron chi connectivity index (χ0n) is 22.3. The van der Waals surface area contributed by atoms with Crippen molar-refractivity contribution in [3.05, 3.63) is 95.2 Å². The van der Waals surface area contributed by atoms with Gasteiger partial charge in [0, 0.05) is 42.2 Å². The standard InChI is InChI=1S/C32H27F5N2O3/c33-23-5-6-25(27(34)12-23)21-10-20-7-8-39(17-18-1-3-22(4-2-18)32(35,36)37)29(20)26(11-21)30(42)38-24-15-31(16-24)13-19(14-31)9-28(40)41/h1-8,10-12,19,24H,9,13-17H2,(H,38,42)(H,40,41). The number of carbonyl (C=O) groups excluding carboxylic acids is 1. The average Bonchev–Trinajstić information content (AvgIpc) is 3.27. The molecule has 0 aliphatic heterocycles. The Bertz CT molecular complexity index is 1680. The van der Waals surface area contributed by atoms with Gasteiger partial charge in [-0.25, -0.2) is 8.78 Å². The highest BCUT2D eigenvalue weighted by Crippen LogP contribution is 2.59. The Morgan fingerprint density at radius 2 is 1.67 bits per heavy atom. The first-order valence-corrected chi connectivity index (χ1v) is 13.7. The summed E-state index contributed by atoms with van der Waals surface area (Å²) in [5.74, 6) is -2.52. The Hall–Kier alpha value is -4.21. The lowest BCUT2D eigenvalue weighted by Gasteiger charge is -2.57. The molecule has 0 radical (unpaired) electrons. The summed E-state index contributed by atoms with van der Waals surface area (Å²) in [7, 11) is 0. The molecule has 2 fully saturated rings. The molecule has 42 heavy (non-hydrogen) atoms. The highest BCUT2D eigenvalue weighted by Gasteiger charge is 2.53. The minimum absolute atomic E-state index is 0.0647. The van der Waals surface area contributed by atoms with Crippen molar-refractivity contribution in [2.24, 2.45) is 11.3 Å². The van der Waals surface area contributed by atoms with Crippen molar-refractivity contribution in [1.29, 1.82) is 0 Å². The number of nitrogens with one attached hydrogen (secondary N) is 1. The number of aliphatic carboxylic acids is 1. The second-order valence-electron chi connectivity index (χ2n) is 11.7. The second-order valence-corrected chi connectivity index (χ2v) is 11.7. The van der Waals surface area contributed by atoms with Crippen molar-refractivity contribution in [2.45, 2.75) is 50.9 Å². The lowest BCUT2D eigenvalue weighted by Crippen LogP contribution is -2.56. The molecule has 5 nitrogen and oxygen atoms in total. The third-order valence-corrected chi connectivity index (χ3v) is 8.58. The van der Waals surface area contributed by atoms with E-state index in [9.17, 15) is 31.5 Å². The quantitative estimate of drug-likeness (QED) is 0.223. The molecule has 0 unspecified atom stereocenters. The molecule has 3 aromatic carbocycles. The third-order valence-electron chi connectivity index (χ3n) is 8.58. The van der Waals surface area contributed by atoms with Crippen LogP contribution in [0.4, 0.5) is 22.0 Å². The Balaban J connectivity index is 1.29. The highest BCUT2D eigenvalue weighted by molar-refractivity contribution is 6.08. The Morgan fingerprint density at radius 3 is 2.31 bits per heavy atom. The molecule has 0 atom stereocenters. The molecule has 2 N–H and O–H groups in total. The fourth-order valence-electron chi connectivity index (χ4n) is 6.77. The zero-order chi connectivity index (χ0) is 29.8. The third kappa shape index (κ3) is 5.37. The van der Waals surface area contributed by atoms with Gasteiger partial charge in [0.15, 0.2) is 0 Å². The molecule has 1 heterocycles. The Morgan fingerprint density at radius 1 is 0.952 bits per heavy atom. The van der Waals surface area contributed by atoms with Gasteiger partial charge in [0.2, 0.25) is 0 Å². The number of nitrogens with zero attached hydrogens (tertiary/aromatic N) is 1. The molecule has 4 aromatic rings.